The Bertz CT molecular complexity index is 226. The molecule has 0 unspecified atom stereocenters. The maximum Gasteiger partial charge on any atom is 0.162 e. The van der Waals surface area contributed by atoms with Crippen LogP contribution in [0.5, 0.6) is 0 Å². The maximum absolute atomic E-state index is 11.1. The Hall–Kier alpha value is -0.890. The van der Waals surface area contributed by atoms with Crippen LogP contribution < -0.4 is 0 Å². The molecule has 2 heteroatoms. The highest BCUT2D eigenvalue weighted by molar-refractivity contribution is 5.99. The molecule has 1 radical (unpaired) electrons. The molecular weight excluding hydrogens is 140 g/mol. The monoisotopic (exact) mass is 151 g/mol. The second-order valence-electron chi connectivity index (χ2n) is 2.77. The van der Waals surface area contributed by atoms with Crippen LogP contribution in [0.3, 0.4) is 0 Å². The first-order chi connectivity index (χ1) is 5.16. The second kappa shape index (κ2) is 3.01. The summed E-state index contributed by atoms with van der Waals surface area (Å²) in [7, 11) is 0. The second-order valence-corrected chi connectivity index (χ2v) is 2.77. The van der Waals surface area contributed by atoms with Crippen molar-refractivity contribution >= 4 is 5.78 Å². The van der Waals surface area contributed by atoms with Crippen molar-refractivity contribution in [3.63, 3.8) is 0 Å². The number of hydrogen-bond acceptors (Lipinski definition) is 1. The minimum absolute atomic E-state index is 0.00222. The summed E-state index contributed by atoms with van der Waals surface area (Å²) in [6.45, 7) is 5.27. The van der Waals surface area contributed by atoms with E-state index in [1.54, 1.807) is 13.0 Å². The van der Waals surface area contributed by atoms with Crippen LogP contribution in [-0.2, 0) is 9.90 Å². The van der Waals surface area contributed by atoms with Crippen LogP contribution in [0.2, 0.25) is 0 Å². The van der Waals surface area contributed by atoms with E-state index in [9.17, 15) is 9.90 Å². The highest BCUT2D eigenvalue weighted by Crippen LogP contribution is 2.25. The summed E-state index contributed by atoms with van der Waals surface area (Å²) < 4.78 is 0. The fourth-order valence-corrected chi connectivity index (χ4v) is 1.28. The fourth-order valence-electron chi connectivity index (χ4n) is 1.28. The lowest BCUT2D eigenvalue weighted by Gasteiger charge is -1.97. The maximum atomic E-state index is 11.1. The predicted octanol–water partition coefficient (Wildman–Crippen LogP) is 1.65. The van der Waals surface area contributed by atoms with Crippen LogP contribution in [-0.4, -0.2) is 11.9 Å². The van der Waals surface area contributed by atoms with Crippen LogP contribution in [0.15, 0.2) is 23.8 Å². The van der Waals surface area contributed by atoms with Crippen molar-refractivity contribution < 1.29 is 9.90 Å². The van der Waals surface area contributed by atoms with Gasteiger partial charge in [-0.25, -0.2) is 5.11 Å². The van der Waals surface area contributed by atoms with Crippen molar-refractivity contribution in [1.29, 1.82) is 0 Å². The van der Waals surface area contributed by atoms with E-state index in [2.05, 4.69) is 6.58 Å². The van der Waals surface area contributed by atoms with Gasteiger partial charge in [0.05, 0.1) is 0 Å². The summed E-state index contributed by atoms with van der Waals surface area (Å²) in [4.78, 5) is 11.1. The highest BCUT2D eigenvalue weighted by Gasteiger charge is 2.27. The summed E-state index contributed by atoms with van der Waals surface area (Å²) in [5.41, 5.74) is 1.38. The third-order valence-corrected chi connectivity index (χ3v) is 2.01. The summed E-state index contributed by atoms with van der Waals surface area (Å²) in [6, 6.07) is 0. The Morgan fingerprint density at radius 3 is 2.73 bits per heavy atom. The Labute approximate surface area is 66.2 Å². The molecule has 0 heterocycles. The molecule has 0 spiro atoms. The van der Waals surface area contributed by atoms with Gasteiger partial charge in [-0.15, -0.1) is 6.58 Å². The van der Waals surface area contributed by atoms with Gasteiger partial charge in [0.2, 0.25) is 0 Å². The number of carbonyl (C=O) groups is 1. The smallest absolute Gasteiger partial charge is 0.162 e. The summed E-state index contributed by atoms with van der Waals surface area (Å²) in [5, 5.41) is 11.0. The third-order valence-electron chi connectivity index (χ3n) is 2.01. The van der Waals surface area contributed by atoms with E-state index in [1.165, 1.54) is 0 Å². The Morgan fingerprint density at radius 1 is 1.73 bits per heavy atom. The lowest BCUT2D eigenvalue weighted by molar-refractivity contribution is -0.116. The van der Waals surface area contributed by atoms with Gasteiger partial charge in [0.1, 0.15) is 6.10 Å². The number of carbonyl (C=O) groups excluding carboxylic acids is 1. The Balaban J connectivity index is 2.87. The molecular formula is C9H11O2. The Morgan fingerprint density at radius 2 is 2.36 bits per heavy atom. The van der Waals surface area contributed by atoms with E-state index in [4.69, 9.17) is 0 Å². The molecule has 0 saturated heterocycles. The van der Waals surface area contributed by atoms with E-state index >= 15 is 0 Å². The zero-order chi connectivity index (χ0) is 8.43. The van der Waals surface area contributed by atoms with Crippen molar-refractivity contribution in [2.24, 2.45) is 0 Å². The molecule has 0 N–H and O–H groups in total. The zero-order valence-electron chi connectivity index (χ0n) is 6.59. The number of hydrogen-bond donors (Lipinski definition) is 0. The minimum Gasteiger partial charge on any atom is -0.294 e. The van der Waals surface area contributed by atoms with Crippen molar-refractivity contribution in [2.45, 2.75) is 25.9 Å². The lowest BCUT2D eigenvalue weighted by atomic mass is 10.1. The number of Topliss-reactive ketones (excluding diaryl/α,β-unsaturated/α-hetero) is 1. The molecule has 1 aliphatic carbocycles. The van der Waals surface area contributed by atoms with Crippen LogP contribution in [0.25, 0.3) is 0 Å². The first-order valence-corrected chi connectivity index (χ1v) is 3.66. The zero-order valence-corrected chi connectivity index (χ0v) is 6.59. The normalized spacial score (nSPS) is 24.5. The average molecular weight is 151 g/mol. The van der Waals surface area contributed by atoms with Crippen LogP contribution in [0.1, 0.15) is 19.8 Å². The molecule has 1 atom stereocenters. The quantitative estimate of drug-likeness (QED) is 0.553. The van der Waals surface area contributed by atoms with Crippen LogP contribution in [0, 0.1) is 0 Å². The summed E-state index contributed by atoms with van der Waals surface area (Å²) in [5.74, 6) is 0.00222. The fraction of sp³-hybridized carbons (Fsp3) is 0.444. The lowest BCUT2D eigenvalue weighted by Crippen LogP contribution is -2.01. The van der Waals surface area contributed by atoms with Gasteiger partial charge in [-0.3, -0.25) is 4.79 Å². The van der Waals surface area contributed by atoms with E-state index < -0.39 is 6.10 Å². The summed E-state index contributed by atoms with van der Waals surface area (Å²) >= 11 is 0. The molecule has 0 saturated carbocycles. The van der Waals surface area contributed by atoms with E-state index in [0.29, 0.717) is 17.6 Å². The highest BCUT2D eigenvalue weighted by atomic mass is 16.3. The van der Waals surface area contributed by atoms with Crippen LogP contribution in [0.4, 0.5) is 0 Å². The molecule has 0 aliphatic heterocycles. The molecule has 2 nitrogen and oxygen atoms in total. The van der Waals surface area contributed by atoms with Crippen molar-refractivity contribution in [2.75, 3.05) is 0 Å². The number of ketones is 1. The molecule has 0 amide bonds. The van der Waals surface area contributed by atoms with Gasteiger partial charge in [0, 0.05) is 12.0 Å². The molecule has 0 aromatic carbocycles. The number of rotatable bonds is 2. The standard InChI is InChI=1S/C9H11O2/c1-3-4-7-6(2)8(10)5-9(7)11/h3,8H,1,4-5H2,2H3/t8-/m0/s1. The largest absolute Gasteiger partial charge is 0.294 e. The van der Waals surface area contributed by atoms with Gasteiger partial charge < -0.3 is 0 Å². The van der Waals surface area contributed by atoms with E-state index in [1.807, 2.05) is 0 Å². The van der Waals surface area contributed by atoms with Crippen molar-refractivity contribution in [3.8, 4) is 0 Å². The summed E-state index contributed by atoms with van der Waals surface area (Å²) in [6.07, 6.45) is 1.56. The molecule has 0 aromatic heterocycles. The molecule has 0 fully saturated rings. The molecule has 11 heavy (non-hydrogen) atoms. The SMILES string of the molecule is C=CCC1=C(C)[C@@H]([O])CC1=O. The van der Waals surface area contributed by atoms with Gasteiger partial charge in [0.15, 0.2) is 5.78 Å². The topological polar surface area (TPSA) is 37.0 Å². The Kier molecular flexibility index (Phi) is 2.25. The first kappa shape index (κ1) is 8.21. The van der Waals surface area contributed by atoms with Crippen molar-refractivity contribution in [3.05, 3.63) is 23.8 Å². The third kappa shape index (κ3) is 1.40. The minimum atomic E-state index is -0.794. The van der Waals surface area contributed by atoms with E-state index in [-0.39, 0.29) is 12.2 Å². The van der Waals surface area contributed by atoms with Crippen molar-refractivity contribution in [1.82, 2.24) is 0 Å². The molecule has 0 aromatic rings. The number of allylic oxidation sites excluding steroid dienone is 2. The molecule has 1 aliphatic rings. The van der Waals surface area contributed by atoms with Crippen LogP contribution >= 0.6 is 0 Å². The first-order valence-electron chi connectivity index (χ1n) is 3.66. The van der Waals surface area contributed by atoms with Gasteiger partial charge in [0.25, 0.3) is 0 Å². The van der Waals surface area contributed by atoms with Gasteiger partial charge in [-0.05, 0) is 18.9 Å². The van der Waals surface area contributed by atoms with Gasteiger partial charge >= 0.3 is 0 Å². The molecule has 1 rings (SSSR count). The van der Waals surface area contributed by atoms with Gasteiger partial charge in [-0.1, -0.05) is 6.08 Å². The van der Waals surface area contributed by atoms with Gasteiger partial charge in [-0.2, -0.15) is 0 Å². The molecule has 59 valence electrons. The predicted molar refractivity (Wildman–Crippen MR) is 41.6 cm³/mol. The average Bonchev–Trinajstić information content (AvgIpc) is 2.17. The van der Waals surface area contributed by atoms with E-state index in [0.717, 1.165) is 0 Å². The molecule has 0 bridgehead atoms.